The number of carbonyl (C=O) groups excluding carboxylic acids is 1. The van der Waals surface area contributed by atoms with Gasteiger partial charge in [-0.3, -0.25) is 4.79 Å². The first-order chi connectivity index (χ1) is 10.2. The van der Waals surface area contributed by atoms with E-state index in [4.69, 9.17) is 0 Å². The van der Waals surface area contributed by atoms with Crippen LogP contribution < -0.4 is 0 Å². The van der Waals surface area contributed by atoms with E-state index in [1.54, 1.807) is 0 Å². The number of carbonyl (C=O) groups is 1. The van der Waals surface area contributed by atoms with Crippen LogP contribution in [0.2, 0.25) is 0 Å². The number of hydrogen-bond acceptors (Lipinski definition) is 2. The average Bonchev–Trinajstić information content (AvgIpc) is 2.53. The highest BCUT2D eigenvalue weighted by Crippen LogP contribution is 2.33. The lowest BCUT2D eigenvalue weighted by Gasteiger charge is -2.36. The first-order valence-electron chi connectivity index (χ1n) is 9.09. The van der Waals surface area contributed by atoms with E-state index in [1.807, 2.05) is 4.90 Å². The first-order valence-corrected chi connectivity index (χ1v) is 9.09. The van der Waals surface area contributed by atoms with Gasteiger partial charge in [0.05, 0.1) is 6.61 Å². The third-order valence-electron chi connectivity index (χ3n) is 5.17. The molecule has 0 unspecified atom stereocenters. The lowest BCUT2D eigenvalue weighted by atomic mass is 9.79. The Kier molecular flexibility index (Phi) is 8.98. The Bertz CT molecular complexity index is 281. The smallest absolute Gasteiger partial charge is 0.226 e. The van der Waals surface area contributed by atoms with E-state index >= 15 is 0 Å². The van der Waals surface area contributed by atoms with Crippen LogP contribution >= 0.6 is 0 Å². The molecule has 0 aliphatic heterocycles. The average molecular weight is 297 g/mol. The summed E-state index contributed by atoms with van der Waals surface area (Å²) < 4.78 is 0. The number of aliphatic hydroxyl groups is 1. The minimum atomic E-state index is 0.0775. The second kappa shape index (κ2) is 10.2. The fraction of sp³-hybridized carbons (Fsp3) is 0.944. The van der Waals surface area contributed by atoms with Crippen molar-refractivity contribution < 1.29 is 9.90 Å². The normalized spacial score (nSPS) is 22.5. The number of rotatable bonds is 9. The fourth-order valence-electron chi connectivity index (χ4n) is 3.74. The van der Waals surface area contributed by atoms with Crippen LogP contribution in [0.3, 0.4) is 0 Å². The van der Waals surface area contributed by atoms with Gasteiger partial charge in [0.25, 0.3) is 0 Å². The summed E-state index contributed by atoms with van der Waals surface area (Å²) in [7, 11) is 0. The molecule has 1 N–H and O–H groups in total. The number of unbranched alkanes of at least 4 members (excludes halogenated alkanes) is 1. The van der Waals surface area contributed by atoms with Crippen molar-refractivity contribution in [1.82, 2.24) is 4.90 Å². The maximum Gasteiger partial charge on any atom is 0.226 e. The number of nitrogens with zero attached hydrogens (tertiary/aromatic N) is 1. The predicted octanol–water partition coefficient (Wildman–Crippen LogP) is 3.99. The predicted molar refractivity (Wildman–Crippen MR) is 88.1 cm³/mol. The molecule has 0 bridgehead atoms. The summed E-state index contributed by atoms with van der Waals surface area (Å²) in [6.07, 6.45) is 10.4. The second-order valence-electron chi connectivity index (χ2n) is 6.59. The van der Waals surface area contributed by atoms with Gasteiger partial charge in [0.2, 0.25) is 5.91 Å². The Morgan fingerprint density at radius 3 is 2.24 bits per heavy atom. The molecule has 21 heavy (non-hydrogen) atoms. The van der Waals surface area contributed by atoms with E-state index in [1.165, 1.54) is 32.1 Å². The molecule has 0 atom stereocenters. The van der Waals surface area contributed by atoms with Gasteiger partial charge in [0.1, 0.15) is 0 Å². The van der Waals surface area contributed by atoms with Crippen molar-refractivity contribution in [2.45, 2.75) is 84.6 Å². The molecule has 1 aliphatic carbocycles. The molecule has 124 valence electrons. The highest BCUT2D eigenvalue weighted by atomic mass is 16.3. The maximum atomic E-state index is 12.8. The molecule has 1 fully saturated rings. The molecule has 0 heterocycles. The molecular weight excluding hydrogens is 262 g/mol. The third-order valence-corrected chi connectivity index (χ3v) is 5.17. The molecule has 0 spiro atoms. The van der Waals surface area contributed by atoms with E-state index in [9.17, 15) is 9.90 Å². The van der Waals surface area contributed by atoms with Crippen molar-refractivity contribution in [2.75, 3.05) is 13.2 Å². The second-order valence-corrected chi connectivity index (χ2v) is 6.59. The topological polar surface area (TPSA) is 40.5 Å². The summed E-state index contributed by atoms with van der Waals surface area (Å²) >= 11 is 0. The Hall–Kier alpha value is -0.570. The first kappa shape index (κ1) is 18.5. The monoisotopic (exact) mass is 297 g/mol. The van der Waals surface area contributed by atoms with Crippen molar-refractivity contribution in [2.24, 2.45) is 11.8 Å². The molecule has 0 aromatic heterocycles. The summed E-state index contributed by atoms with van der Waals surface area (Å²) in [5.74, 6) is 1.34. The van der Waals surface area contributed by atoms with Crippen molar-refractivity contribution in [3.63, 3.8) is 0 Å². The van der Waals surface area contributed by atoms with Crippen LogP contribution in [0.25, 0.3) is 0 Å². The number of hydrogen-bond donors (Lipinski definition) is 1. The van der Waals surface area contributed by atoms with Gasteiger partial charge in [-0.25, -0.2) is 0 Å². The van der Waals surface area contributed by atoms with Gasteiger partial charge < -0.3 is 10.0 Å². The van der Waals surface area contributed by atoms with E-state index in [0.29, 0.717) is 18.5 Å². The highest BCUT2D eigenvalue weighted by molar-refractivity contribution is 5.79. The number of amides is 1. The molecule has 0 saturated heterocycles. The summed E-state index contributed by atoms with van der Waals surface area (Å²) in [5, 5.41) is 9.27. The molecule has 0 aromatic rings. The largest absolute Gasteiger partial charge is 0.395 e. The lowest BCUT2D eigenvalue weighted by molar-refractivity contribution is -0.140. The summed E-state index contributed by atoms with van der Waals surface area (Å²) in [6.45, 7) is 7.09. The quantitative estimate of drug-likeness (QED) is 0.699. The van der Waals surface area contributed by atoms with Gasteiger partial charge in [-0.05, 0) is 44.4 Å². The van der Waals surface area contributed by atoms with Crippen LogP contribution in [-0.4, -0.2) is 35.1 Å². The highest BCUT2D eigenvalue weighted by Gasteiger charge is 2.31. The third kappa shape index (κ3) is 5.61. The van der Waals surface area contributed by atoms with Crippen molar-refractivity contribution >= 4 is 5.91 Å². The molecule has 3 nitrogen and oxygen atoms in total. The van der Waals surface area contributed by atoms with Crippen molar-refractivity contribution in [3.05, 3.63) is 0 Å². The molecule has 1 rings (SSSR count). The number of aliphatic hydroxyl groups excluding tert-OH is 1. The van der Waals surface area contributed by atoms with Gasteiger partial charge >= 0.3 is 0 Å². The van der Waals surface area contributed by atoms with E-state index in [0.717, 1.165) is 31.6 Å². The van der Waals surface area contributed by atoms with Gasteiger partial charge in [0.15, 0.2) is 0 Å². The molecule has 1 amide bonds. The Morgan fingerprint density at radius 2 is 1.76 bits per heavy atom. The van der Waals surface area contributed by atoms with Crippen LogP contribution in [0.15, 0.2) is 0 Å². The Labute approximate surface area is 131 Å². The van der Waals surface area contributed by atoms with E-state index in [-0.39, 0.29) is 12.5 Å². The van der Waals surface area contributed by atoms with Crippen molar-refractivity contribution in [3.8, 4) is 0 Å². The van der Waals surface area contributed by atoms with Gasteiger partial charge in [-0.15, -0.1) is 0 Å². The summed E-state index contributed by atoms with van der Waals surface area (Å²) in [6, 6.07) is 0.294. The maximum absolute atomic E-state index is 12.8. The molecule has 0 aromatic carbocycles. The van der Waals surface area contributed by atoms with Crippen LogP contribution in [-0.2, 0) is 4.79 Å². The SMILES string of the molecule is CCCCC1CCC(C(=O)N(CCO)C(CC)CC)CC1. The van der Waals surface area contributed by atoms with Gasteiger partial charge in [-0.2, -0.15) is 0 Å². The van der Waals surface area contributed by atoms with Crippen molar-refractivity contribution in [1.29, 1.82) is 0 Å². The fourth-order valence-corrected chi connectivity index (χ4v) is 3.74. The molecular formula is C18H35NO2. The summed E-state index contributed by atoms with van der Waals surface area (Å²) in [5.41, 5.74) is 0. The molecule has 1 aliphatic rings. The molecule has 1 saturated carbocycles. The zero-order chi connectivity index (χ0) is 15.7. The van der Waals surface area contributed by atoms with Crippen LogP contribution in [0.1, 0.15) is 78.6 Å². The Morgan fingerprint density at radius 1 is 1.14 bits per heavy atom. The van der Waals surface area contributed by atoms with Crippen LogP contribution in [0.5, 0.6) is 0 Å². The lowest BCUT2D eigenvalue weighted by Crippen LogP contribution is -2.45. The zero-order valence-electron chi connectivity index (χ0n) is 14.3. The summed E-state index contributed by atoms with van der Waals surface area (Å²) in [4.78, 5) is 14.7. The van der Waals surface area contributed by atoms with E-state index in [2.05, 4.69) is 20.8 Å². The molecule has 3 heteroatoms. The Balaban J connectivity index is 2.53. The van der Waals surface area contributed by atoms with Crippen LogP contribution in [0, 0.1) is 11.8 Å². The standard InChI is InChI=1S/C18H35NO2/c1-4-7-8-15-9-11-16(12-10-15)18(21)19(13-14-20)17(5-2)6-3/h15-17,20H,4-14H2,1-3H3. The van der Waals surface area contributed by atoms with E-state index < -0.39 is 0 Å². The van der Waals surface area contributed by atoms with Crippen LogP contribution in [0.4, 0.5) is 0 Å². The molecule has 0 radical (unpaired) electrons. The zero-order valence-corrected chi connectivity index (χ0v) is 14.3. The van der Waals surface area contributed by atoms with Gasteiger partial charge in [0, 0.05) is 18.5 Å². The minimum absolute atomic E-state index is 0.0775. The van der Waals surface area contributed by atoms with Gasteiger partial charge in [-0.1, -0.05) is 40.0 Å². The minimum Gasteiger partial charge on any atom is -0.395 e.